The average molecular weight is 395 g/mol. The van der Waals surface area contributed by atoms with E-state index in [1.807, 2.05) is 30.3 Å². The fraction of sp³-hybridized carbons (Fsp3) is 0.0800. The molecule has 0 radical (unpaired) electrons. The van der Waals surface area contributed by atoms with Gasteiger partial charge in [-0.1, -0.05) is 54.3 Å². The Bertz CT molecular complexity index is 1200. The second-order valence-corrected chi connectivity index (χ2v) is 6.92. The molecule has 0 fully saturated rings. The number of nitrogens with zero attached hydrogens (tertiary/aromatic N) is 1. The Morgan fingerprint density at radius 1 is 0.833 bits per heavy atom. The zero-order valence-electron chi connectivity index (χ0n) is 16.0. The number of carbonyl (C=O) groups excluding carboxylic acids is 2. The van der Waals surface area contributed by atoms with E-state index in [1.165, 1.54) is 17.0 Å². The van der Waals surface area contributed by atoms with Crippen molar-refractivity contribution in [3.63, 3.8) is 0 Å². The monoisotopic (exact) mass is 395 g/mol. The summed E-state index contributed by atoms with van der Waals surface area (Å²) in [6.45, 7) is 0.0846. The van der Waals surface area contributed by atoms with Crippen molar-refractivity contribution in [2.24, 2.45) is 0 Å². The molecule has 30 heavy (non-hydrogen) atoms. The number of hydrogen-bond acceptors (Lipinski definition) is 3. The van der Waals surface area contributed by atoms with Gasteiger partial charge in [0.05, 0.1) is 23.2 Å². The van der Waals surface area contributed by atoms with Crippen molar-refractivity contribution in [1.82, 2.24) is 4.90 Å². The first-order chi connectivity index (χ1) is 14.5. The van der Waals surface area contributed by atoms with Crippen molar-refractivity contribution >= 4 is 17.8 Å². The van der Waals surface area contributed by atoms with Crippen LogP contribution in [0.25, 0.3) is 0 Å². The van der Waals surface area contributed by atoms with Crippen molar-refractivity contribution in [3.05, 3.63) is 106 Å². The number of aromatic carboxylic acids is 1. The second-order valence-electron chi connectivity index (χ2n) is 6.92. The molecule has 0 aliphatic carbocycles. The van der Waals surface area contributed by atoms with Crippen LogP contribution in [0.15, 0.2) is 72.8 Å². The highest BCUT2D eigenvalue weighted by Crippen LogP contribution is 2.25. The van der Waals surface area contributed by atoms with E-state index in [2.05, 4.69) is 11.8 Å². The van der Waals surface area contributed by atoms with Crippen molar-refractivity contribution in [2.75, 3.05) is 0 Å². The number of rotatable bonds is 4. The highest BCUT2D eigenvalue weighted by Gasteiger charge is 2.35. The Kier molecular flexibility index (Phi) is 5.15. The van der Waals surface area contributed by atoms with Crippen molar-refractivity contribution in [2.45, 2.75) is 13.0 Å². The molecule has 0 unspecified atom stereocenters. The molecule has 5 heteroatoms. The molecule has 3 aromatic rings. The zero-order chi connectivity index (χ0) is 21.1. The Hall–Kier alpha value is -4.17. The summed E-state index contributed by atoms with van der Waals surface area (Å²) in [7, 11) is 0. The highest BCUT2D eigenvalue weighted by molar-refractivity contribution is 6.21. The predicted octanol–water partition coefficient (Wildman–Crippen LogP) is 3.78. The van der Waals surface area contributed by atoms with Crippen LogP contribution < -0.4 is 0 Å². The number of amides is 2. The lowest BCUT2D eigenvalue weighted by molar-refractivity contribution is 0.0638. The number of carbonyl (C=O) groups is 3. The minimum atomic E-state index is -1.02. The molecule has 0 bridgehead atoms. The molecule has 0 aromatic heterocycles. The molecular formula is C25H17NO4. The molecule has 5 nitrogen and oxygen atoms in total. The first kappa shape index (κ1) is 19.2. The fourth-order valence-electron chi connectivity index (χ4n) is 3.29. The van der Waals surface area contributed by atoms with Crippen LogP contribution in [0, 0.1) is 11.8 Å². The van der Waals surface area contributed by atoms with Crippen LogP contribution in [0.1, 0.15) is 47.8 Å². The number of imide groups is 1. The molecule has 0 atom stereocenters. The first-order valence-electron chi connectivity index (χ1n) is 9.38. The molecule has 1 aliphatic rings. The van der Waals surface area contributed by atoms with E-state index in [9.17, 15) is 14.4 Å². The maximum Gasteiger partial charge on any atom is 0.335 e. The molecule has 2 amide bonds. The van der Waals surface area contributed by atoms with Crippen LogP contribution in [0.2, 0.25) is 0 Å². The van der Waals surface area contributed by atoms with Gasteiger partial charge in [-0.05, 0) is 41.5 Å². The number of carboxylic acid groups (broad SMARTS) is 1. The first-order valence-corrected chi connectivity index (χ1v) is 9.38. The van der Waals surface area contributed by atoms with Crippen LogP contribution in [-0.2, 0) is 13.0 Å². The van der Waals surface area contributed by atoms with Gasteiger partial charge in [-0.15, -0.1) is 0 Å². The highest BCUT2D eigenvalue weighted by atomic mass is 16.4. The normalized spacial score (nSPS) is 12.3. The summed E-state index contributed by atoms with van der Waals surface area (Å²) in [5.74, 6) is 4.39. The largest absolute Gasteiger partial charge is 0.478 e. The van der Waals surface area contributed by atoms with E-state index in [4.69, 9.17) is 5.11 Å². The smallest absolute Gasteiger partial charge is 0.335 e. The molecule has 1 aliphatic heterocycles. The van der Waals surface area contributed by atoms with Crippen molar-refractivity contribution < 1.29 is 19.5 Å². The standard InChI is InChI=1S/C25H17NO4/c27-23-21-14-11-18(8-4-7-17-5-2-1-3-6-17)15-22(21)24(28)26(23)16-19-9-12-20(13-10-19)25(29)30/h1-3,5-6,9-15H,7,16H2,(H,29,30). The van der Waals surface area contributed by atoms with Gasteiger partial charge < -0.3 is 5.11 Å². The third-order valence-electron chi connectivity index (χ3n) is 4.88. The average Bonchev–Trinajstić information content (AvgIpc) is 2.99. The lowest BCUT2D eigenvalue weighted by Gasteiger charge is -2.13. The van der Waals surface area contributed by atoms with Crippen LogP contribution in [0.5, 0.6) is 0 Å². The topological polar surface area (TPSA) is 74.7 Å². The Balaban J connectivity index is 1.51. The molecule has 4 rings (SSSR count). The summed E-state index contributed by atoms with van der Waals surface area (Å²) in [6.07, 6.45) is 0.600. The van der Waals surface area contributed by atoms with Gasteiger partial charge in [0, 0.05) is 12.0 Å². The molecule has 1 N–H and O–H groups in total. The third kappa shape index (κ3) is 3.85. The third-order valence-corrected chi connectivity index (χ3v) is 4.88. The number of fused-ring (bicyclic) bond motifs is 1. The van der Waals surface area contributed by atoms with Crippen molar-refractivity contribution in [3.8, 4) is 11.8 Å². The minimum Gasteiger partial charge on any atom is -0.478 e. The van der Waals surface area contributed by atoms with Gasteiger partial charge in [0.15, 0.2) is 0 Å². The molecular weight excluding hydrogens is 378 g/mol. The van der Waals surface area contributed by atoms with Crippen LogP contribution in [0.4, 0.5) is 0 Å². The second kappa shape index (κ2) is 8.06. The molecule has 3 aromatic carbocycles. The van der Waals surface area contributed by atoms with E-state index < -0.39 is 5.97 Å². The van der Waals surface area contributed by atoms with Gasteiger partial charge >= 0.3 is 5.97 Å². The maximum absolute atomic E-state index is 12.8. The molecule has 0 saturated heterocycles. The SMILES string of the molecule is O=C(O)c1ccc(CN2C(=O)c3ccc(C#CCc4ccccc4)cc3C2=O)cc1. The summed E-state index contributed by atoms with van der Waals surface area (Å²) in [4.78, 5) is 37.6. The van der Waals surface area contributed by atoms with Gasteiger partial charge in [-0.3, -0.25) is 14.5 Å². The van der Waals surface area contributed by atoms with Gasteiger partial charge in [-0.2, -0.15) is 0 Å². The Morgan fingerprint density at radius 2 is 1.53 bits per heavy atom. The van der Waals surface area contributed by atoms with Gasteiger partial charge in [-0.25, -0.2) is 4.79 Å². The Morgan fingerprint density at radius 3 is 2.23 bits per heavy atom. The fourth-order valence-corrected chi connectivity index (χ4v) is 3.29. The summed E-state index contributed by atoms with van der Waals surface area (Å²) in [5.41, 5.74) is 3.32. The molecule has 1 heterocycles. The summed E-state index contributed by atoms with van der Waals surface area (Å²) >= 11 is 0. The Labute approximate surface area is 173 Å². The van der Waals surface area contributed by atoms with Crippen molar-refractivity contribution in [1.29, 1.82) is 0 Å². The number of benzene rings is 3. The van der Waals surface area contributed by atoms with E-state index in [-0.39, 0.29) is 23.9 Å². The minimum absolute atomic E-state index is 0.0846. The molecule has 0 spiro atoms. The molecule has 0 saturated carbocycles. The van der Waals surface area contributed by atoms with Gasteiger partial charge in [0.1, 0.15) is 0 Å². The molecule has 146 valence electrons. The predicted molar refractivity (Wildman–Crippen MR) is 111 cm³/mol. The summed E-state index contributed by atoms with van der Waals surface area (Å²) < 4.78 is 0. The summed E-state index contributed by atoms with van der Waals surface area (Å²) in [5, 5.41) is 8.99. The lowest BCUT2D eigenvalue weighted by Crippen LogP contribution is -2.29. The van der Waals surface area contributed by atoms with Crippen LogP contribution in [-0.4, -0.2) is 27.8 Å². The quantitative estimate of drug-likeness (QED) is 0.539. The van der Waals surface area contributed by atoms with Crippen LogP contribution in [0.3, 0.4) is 0 Å². The van der Waals surface area contributed by atoms with E-state index >= 15 is 0 Å². The van der Waals surface area contributed by atoms with E-state index in [0.29, 0.717) is 28.7 Å². The number of hydrogen-bond donors (Lipinski definition) is 1. The van der Waals surface area contributed by atoms with E-state index in [1.54, 1.807) is 30.3 Å². The summed E-state index contributed by atoms with van der Waals surface area (Å²) in [6, 6.07) is 21.0. The zero-order valence-corrected chi connectivity index (χ0v) is 16.0. The van der Waals surface area contributed by atoms with Crippen LogP contribution >= 0.6 is 0 Å². The number of carboxylic acids is 1. The van der Waals surface area contributed by atoms with E-state index in [0.717, 1.165) is 5.56 Å². The lowest BCUT2D eigenvalue weighted by atomic mass is 10.1. The van der Waals surface area contributed by atoms with Gasteiger partial charge in [0.2, 0.25) is 0 Å². The van der Waals surface area contributed by atoms with Gasteiger partial charge in [0.25, 0.3) is 11.8 Å². The maximum atomic E-state index is 12.8.